The Labute approximate surface area is 210 Å². The highest BCUT2D eigenvalue weighted by molar-refractivity contribution is 14.1. The van der Waals surface area contributed by atoms with Gasteiger partial charge in [0.15, 0.2) is 0 Å². The summed E-state index contributed by atoms with van der Waals surface area (Å²) in [6, 6.07) is 6.50. The van der Waals surface area contributed by atoms with Crippen molar-refractivity contribution in [2.24, 2.45) is 0 Å². The van der Waals surface area contributed by atoms with Crippen LogP contribution >= 0.6 is 34.4 Å². The second kappa shape index (κ2) is 11.2. The third-order valence-corrected chi connectivity index (χ3v) is 6.62. The van der Waals surface area contributed by atoms with E-state index >= 15 is 0 Å². The molecule has 0 saturated heterocycles. The molecular formula is C22H21F6IN2O2S. The second-order valence-corrected chi connectivity index (χ2v) is 9.56. The molecule has 0 aliphatic heterocycles. The van der Waals surface area contributed by atoms with Crippen LogP contribution in [-0.2, 0) is 5.67 Å². The lowest BCUT2D eigenvalue weighted by molar-refractivity contribution is -0.274. The first-order chi connectivity index (χ1) is 15.7. The number of aryl methyl sites for hydroxylation is 1. The monoisotopic (exact) mass is 618 g/mol. The summed E-state index contributed by atoms with van der Waals surface area (Å²) in [5.74, 6) is -0.573. The number of carbonyl (C=O) groups excluding carboxylic acids is 2. The molecule has 2 N–H and O–H groups in total. The quantitative estimate of drug-likeness (QED) is 0.269. The highest BCUT2D eigenvalue weighted by Gasteiger charge is 2.64. The molecule has 186 valence electrons. The molecule has 2 aromatic rings. The maximum absolute atomic E-state index is 14.3. The summed E-state index contributed by atoms with van der Waals surface area (Å²) >= 11 is 3.43. The molecule has 0 spiro atoms. The van der Waals surface area contributed by atoms with Gasteiger partial charge in [-0.15, -0.1) is 0 Å². The molecule has 34 heavy (non-hydrogen) atoms. The third-order valence-electron chi connectivity index (χ3n) is 4.89. The Bertz CT molecular complexity index is 1070. The van der Waals surface area contributed by atoms with Gasteiger partial charge in [-0.05, 0) is 66.5 Å². The lowest BCUT2D eigenvalue weighted by atomic mass is 9.93. The Morgan fingerprint density at radius 3 is 2.26 bits per heavy atom. The summed E-state index contributed by atoms with van der Waals surface area (Å²) in [5.41, 5.74) is -6.10. The Morgan fingerprint density at radius 2 is 1.74 bits per heavy atom. The Hall–Kier alpha value is -1.96. The molecule has 0 bridgehead atoms. The van der Waals surface area contributed by atoms with Crippen molar-refractivity contribution in [1.29, 1.82) is 0 Å². The number of alkyl halides is 6. The van der Waals surface area contributed by atoms with Crippen LogP contribution in [0.15, 0.2) is 36.4 Å². The van der Waals surface area contributed by atoms with E-state index in [1.807, 2.05) is 28.8 Å². The minimum absolute atomic E-state index is 0.00642. The lowest BCUT2D eigenvalue weighted by Gasteiger charge is -2.28. The van der Waals surface area contributed by atoms with Crippen LogP contribution in [-0.4, -0.2) is 42.5 Å². The molecule has 0 aromatic heterocycles. The molecule has 2 rings (SSSR count). The number of amides is 2. The molecule has 0 saturated carbocycles. The van der Waals surface area contributed by atoms with Gasteiger partial charge in [0.25, 0.3) is 23.9 Å². The first-order valence-corrected chi connectivity index (χ1v) is 12.3. The molecule has 1 unspecified atom stereocenters. The van der Waals surface area contributed by atoms with Crippen molar-refractivity contribution < 1.29 is 35.9 Å². The van der Waals surface area contributed by atoms with E-state index in [9.17, 15) is 35.9 Å². The van der Waals surface area contributed by atoms with Crippen LogP contribution in [0.1, 0.15) is 38.8 Å². The van der Waals surface area contributed by atoms with Gasteiger partial charge in [0, 0.05) is 26.6 Å². The average molecular weight is 618 g/mol. The van der Waals surface area contributed by atoms with E-state index in [-0.39, 0.29) is 28.4 Å². The Balaban J connectivity index is 2.37. The minimum Gasteiger partial charge on any atom is -0.349 e. The van der Waals surface area contributed by atoms with E-state index in [2.05, 4.69) is 10.6 Å². The van der Waals surface area contributed by atoms with Gasteiger partial charge >= 0.3 is 6.18 Å². The summed E-state index contributed by atoms with van der Waals surface area (Å²) < 4.78 is 80.0. The van der Waals surface area contributed by atoms with Crippen LogP contribution in [0.25, 0.3) is 0 Å². The Morgan fingerprint density at radius 1 is 1.09 bits per heavy atom. The van der Waals surface area contributed by atoms with Crippen molar-refractivity contribution in [3.8, 4) is 0 Å². The Kier molecular flexibility index (Phi) is 9.30. The van der Waals surface area contributed by atoms with Crippen LogP contribution < -0.4 is 10.6 Å². The smallest absolute Gasteiger partial charge is 0.349 e. The van der Waals surface area contributed by atoms with Crippen LogP contribution in [0.5, 0.6) is 0 Å². The van der Waals surface area contributed by atoms with Crippen molar-refractivity contribution in [2.75, 3.05) is 17.3 Å². The van der Waals surface area contributed by atoms with E-state index in [0.29, 0.717) is 21.5 Å². The molecule has 0 aliphatic rings. The molecular weight excluding hydrogens is 597 g/mol. The molecule has 4 nitrogen and oxygen atoms in total. The van der Waals surface area contributed by atoms with Gasteiger partial charge in [-0.25, -0.2) is 13.2 Å². The summed E-state index contributed by atoms with van der Waals surface area (Å²) in [4.78, 5) is 25.7. The van der Waals surface area contributed by atoms with Crippen molar-refractivity contribution in [2.45, 2.75) is 38.2 Å². The molecule has 12 heteroatoms. The molecule has 0 aliphatic carbocycles. The number of hydrogen-bond acceptors (Lipinski definition) is 3. The van der Waals surface area contributed by atoms with Crippen LogP contribution in [0.4, 0.5) is 32.0 Å². The SMILES string of the molecule is CSC[C@H](C)NC(=O)c1c(I)cccc1C(=O)Nc1ccc(C(F)(C(F)F)C(F)(F)F)cc1C. The van der Waals surface area contributed by atoms with E-state index < -0.39 is 35.6 Å². The number of halogens is 7. The van der Waals surface area contributed by atoms with E-state index in [1.165, 1.54) is 24.8 Å². The molecule has 0 fully saturated rings. The van der Waals surface area contributed by atoms with E-state index in [0.717, 1.165) is 6.07 Å². The van der Waals surface area contributed by atoms with Crippen LogP contribution in [0, 0.1) is 10.5 Å². The van der Waals surface area contributed by atoms with Crippen molar-refractivity contribution in [1.82, 2.24) is 5.32 Å². The summed E-state index contributed by atoms with van der Waals surface area (Å²) in [6.07, 6.45) is -8.30. The summed E-state index contributed by atoms with van der Waals surface area (Å²) in [5, 5.41) is 5.25. The first kappa shape index (κ1) is 28.3. The van der Waals surface area contributed by atoms with E-state index in [1.54, 1.807) is 19.1 Å². The molecule has 2 atom stereocenters. The predicted octanol–water partition coefficient (Wildman–Crippen LogP) is 6.33. The zero-order valence-electron chi connectivity index (χ0n) is 18.2. The van der Waals surface area contributed by atoms with Crippen LogP contribution in [0.3, 0.4) is 0 Å². The van der Waals surface area contributed by atoms with Crippen molar-refractivity contribution >= 4 is 51.9 Å². The largest absolute Gasteiger partial charge is 0.432 e. The molecule has 0 radical (unpaired) electrons. The normalized spacial score (nSPS) is 14.4. The number of nitrogens with one attached hydrogen (secondary N) is 2. The maximum atomic E-state index is 14.3. The zero-order chi connectivity index (χ0) is 25.8. The highest BCUT2D eigenvalue weighted by atomic mass is 127. The van der Waals surface area contributed by atoms with E-state index in [4.69, 9.17) is 0 Å². The van der Waals surface area contributed by atoms with Gasteiger partial charge in [0.2, 0.25) is 0 Å². The fourth-order valence-corrected chi connectivity index (χ4v) is 4.49. The number of carbonyl (C=O) groups is 2. The minimum atomic E-state index is -5.84. The lowest BCUT2D eigenvalue weighted by Crippen LogP contribution is -2.44. The summed E-state index contributed by atoms with van der Waals surface area (Å²) in [7, 11) is 0. The molecule has 0 heterocycles. The molecule has 2 amide bonds. The van der Waals surface area contributed by atoms with Gasteiger partial charge in [-0.3, -0.25) is 9.59 Å². The van der Waals surface area contributed by atoms with Crippen LogP contribution in [0.2, 0.25) is 0 Å². The van der Waals surface area contributed by atoms with Gasteiger partial charge in [-0.2, -0.15) is 24.9 Å². The highest BCUT2D eigenvalue weighted by Crippen LogP contribution is 2.47. The van der Waals surface area contributed by atoms with Gasteiger partial charge in [-0.1, -0.05) is 18.2 Å². The number of rotatable bonds is 8. The third kappa shape index (κ3) is 5.99. The first-order valence-electron chi connectivity index (χ1n) is 9.78. The fourth-order valence-electron chi connectivity index (χ4n) is 3.17. The zero-order valence-corrected chi connectivity index (χ0v) is 21.2. The van der Waals surface area contributed by atoms with Gasteiger partial charge < -0.3 is 10.6 Å². The van der Waals surface area contributed by atoms with Crippen molar-refractivity contribution in [3.05, 3.63) is 62.2 Å². The topological polar surface area (TPSA) is 58.2 Å². The standard InChI is InChI=1S/C22H21F6IN2O2S/c1-11-9-13(21(25,20(23)24)22(26,27)28)7-8-16(11)31-18(32)14-5-4-6-15(29)17(14)19(33)30-12(2)10-34-3/h4-9,12,20H,10H2,1-3H3,(H,30,33)(H,31,32)/t12-,21?/m0/s1. The number of hydrogen-bond donors (Lipinski definition) is 2. The maximum Gasteiger partial charge on any atom is 0.432 e. The fraction of sp³-hybridized carbons (Fsp3) is 0.364. The van der Waals surface area contributed by atoms with Gasteiger partial charge in [0.1, 0.15) is 0 Å². The summed E-state index contributed by atoms with van der Waals surface area (Å²) in [6.45, 7) is 3.05. The molecule has 2 aromatic carbocycles. The number of anilines is 1. The average Bonchev–Trinajstić information content (AvgIpc) is 2.73. The number of thioether (sulfide) groups is 1. The second-order valence-electron chi connectivity index (χ2n) is 7.49. The van der Waals surface area contributed by atoms with Crippen molar-refractivity contribution in [3.63, 3.8) is 0 Å². The number of benzene rings is 2. The van der Waals surface area contributed by atoms with Gasteiger partial charge in [0.05, 0.1) is 11.1 Å². The predicted molar refractivity (Wildman–Crippen MR) is 128 cm³/mol.